The van der Waals surface area contributed by atoms with Gasteiger partial charge in [0.05, 0.1) is 11.0 Å². The summed E-state index contributed by atoms with van der Waals surface area (Å²) in [5.41, 5.74) is -0.836. The summed E-state index contributed by atoms with van der Waals surface area (Å²) in [6.07, 6.45) is 0.730. The summed E-state index contributed by atoms with van der Waals surface area (Å²) in [6, 6.07) is 1.22. The summed E-state index contributed by atoms with van der Waals surface area (Å²) in [5.74, 6) is -1.53. The molecule has 0 amide bonds. The minimum atomic E-state index is -0.957. The predicted molar refractivity (Wildman–Crippen MR) is 65.6 cm³/mol. The topological polar surface area (TPSA) is 55.2 Å². The number of nitro benzene ring substituents is 1. The van der Waals surface area contributed by atoms with E-state index in [9.17, 15) is 18.9 Å². The third-order valence-corrected chi connectivity index (χ3v) is 2.45. The first-order chi connectivity index (χ1) is 8.31. The highest BCUT2D eigenvalue weighted by molar-refractivity contribution is 5.62. The summed E-state index contributed by atoms with van der Waals surface area (Å²) >= 11 is 0. The number of hydrogen-bond donors (Lipinski definition) is 1. The molecule has 0 radical (unpaired) electrons. The van der Waals surface area contributed by atoms with Gasteiger partial charge in [0.15, 0.2) is 5.82 Å². The van der Waals surface area contributed by atoms with Gasteiger partial charge in [-0.1, -0.05) is 13.8 Å². The minimum absolute atomic E-state index is 0.135. The number of nitrogens with zero attached hydrogens (tertiary/aromatic N) is 1. The molecule has 18 heavy (non-hydrogen) atoms. The molecular formula is C12H16F2N2O2. The molecule has 0 spiro atoms. The van der Waals surface area contributed by atoms with Crippen molar-refractivity contribution < 1.29 is 13.7 Å². The Kier molecular flexibility index (Phi) is 4.58. The van der Waals surface area contributed by atoms with Gasteiger partial charge >= 0.3 is 0 Å². The third-order valence-electron chi connectivity index (χ3n) is 2.45. The number of nitrogens with one attached hydrogen (secondary N) is 1. The second-order valence-corrected chi connectivity index (χ2v) is 4.71. The first-order valence-corrected chi connectivity index (χ1v) is 5.71. The van der Waals surface area contributed by atoms with E-state index in [1.807, 2.05) is 13.8 Å². The van der Waals surface area contributed by atoms with Crippen LogP contribution in [0.4, 0.5) is 20.2 Å². The van der Waals surface area contributed by atoms with Crippen molar-refractivity contribution in [2.45, 2.75) is 33.2 Å². The van der Waals surface area contributed by atoms with Gasteiger partial charge in [0, 0.05) is 12.1 Å². The summed E-state index contributed by atoms with van der Waals surface area (Å²) in [6.45, 7) is 5.79. The van der Waals surface area contributed by atoms with Crippen LogP contribution in [0.15, 0.2) is 12.1 Å². The first-order valence-electron chi connectivity index (χ1n) is 5.71. The lowest BCUT2D eigenvalue weighted by Crippen LogP contribution is -2.19. The molecule has 0 saturated carbocycles. The van der Waals surface area contributed by atoms with Gasteiger partial charge in [0.1, 0.15) is 11.5 Å². The smallest absolute Gasteiger partial charge is 0.298 e. The maximum atomic E-state index is 13.6. The third kappa shape index (κ3) is 3.65. The molecule has 1 atom stereocenters. The Morgan fingerprint density at radius 2 is 1.94 bits per heavy atom. The second-order valence-electron chi connectivity index (χ2n) is 4.71. The van der Waals surface area contributed by atoms with Crippen LogP contribution in [0, 0.1) is 27.7 Å². The van der Waals surface area contributed by atoms with Crippen molar-refractivity contribution in [1.29, 1.82) is 0 Å². The van der Waals surface area contributed by atoms with Crippen LogP contribution in [0.5, 0.6) is 0 Å². The summed E-state index contributed by atoms with van der Waals surface area (Å²) in [5, 5.41) is 13.5. The molecule has 1 aromatic carbocycles. The van der Waals surface area contributed by atoms with Crippen molar-refractivity contribution >= 4 is 11.4 Å². The Morgan fingerprint density at radius 1 is 1.33 bits per heavy atom. The van der Waals surface area contributed by atoms with Gasteiger partial charge in [0.25, 0.3) is 5.69 Å². The molecular weight excluding hydrogens is 242 g/mol. The highest BCUT2D eigenvalue weighted by Gasteiger charge is 2.21. The van der Waals surface area contributed by atoms with Crippen molar-refractivity contribution in [3.63, 3.8) is 0 Å². The zero-order chi connectivity index (χ0) is 13.9. The largest absolute Gasteiger partial charge is 0.375 e. The lowest BCUT2D eigenvalue weighted by molar-refractivity contribution is -0.384. The first kappa shape index (κ1) is 14.3. The number of anilines is 1. The maximum absolute atomic E-state index is 13.6. The molecule has 0 bridgehead atoms. The fourth-order valence-corrected chi connectivity index (χ4v) is 1.86. The van der Waals surface area contributed by atoms with E-state index in [2.05, 4.69) is 5.32 Å². The molecule has 0 fully saturated rings. The number of benzene rings is 1. The average molecular weight is 258 g/mol. The average Bonchev–Trinajstić information content (AvgIpc) is 2.20. The van der Waals surface area contributed by atoms with Gasteiger partial charge in [-0.25, -0.2) is 8.78 Å². The molecule has 1 rings (SSSR count). The molecule has 1 unspecified atom stereocenters. The van der Waals surface area contributed by atoms with Crippen LogP contribution in [0.1, 0.15) is 27.2 Å². The van der Waals surface area contributed by atoms with Crippen LogP contribution >= 0.6 is 0 Å². The molecule has 0 heterocycles. The summed E-state index contributed by atoms with van der Waals surface area (Å²) in [7, 11) is 0. The van der Waals surface area contributed by atoms with Crippen LogP contribution in [0.25, 0.3) is 0 Å². The van der Waals surface area contributed by atoms with Crippen LogP contribution in [0.2, 0.25) is 0 Å². The second kappa shape index (κ2) is 5.75. The number of rotatable bonds is 5. The van der Waals surface area contributed by atoms with Gasteiger partial charge in [-0.3, -0.25) is 10.1 Å². The van der Waals surface area contributed by atoms with Crippen LogP contribution in [-0.2, 0) is 0 Å². The monoisotopic (exact) mass is 258 g/mol. The van der Waals surface area contributed by atoms with Crippen molar-refractivity contribution in [3.05, 3.63) is 33.9 Å². The molecule has 0 aliphatic carbocycles. The normalized spacial score (nSPS) is 12.6. The van der Waals surface area contributed by atoms with Gasteiger partial charge < -0.3 is 5.32 Å². The van der Waals surface area contributed by atoms with E-state index < -0.39 is 22.2 Å². The minimum Gasteiger partial charge on any atom is -0.375 e. The molecule has 0 aromatic heterocycles. The Labute approximate surface area is 104 Å². The summed E-state index contributed by atoms with van der Waals surface area (Å²) < 4.78 is 26.5. The van der Waals surface area contributed by atoms with Crippen LogP contribution < -0.4 is 5.32 Å². The predicted octanol–water partition coefficient (Wildman–Crippen LogP) is 3.72. The molecule has 1 aromatic rings. The van der Waals surface area contributed by atoms with Gasteiger partial charge in [0.2, 0.25) is 0 Å². The van der Waals surface area contributed by atoms with Crippen molar-refractivity contribution in [2.24, 2.45) is 5.92 Å². The Balaban J connectivity index is 3.03. The molecule has 0 saturated heterocycles. The van der Waals surface area contributed by atoms with E-state index in [-0.39, 0.29) is 11.7 Å². The Hall–Kier alpha value is -1.72. The molecule has 1 N–H and O–H groups in total. The van der Waals surface area contributed by atoms with Crippen LogP contribution in [-0.4, -0.2) is 11.0 Å². The lowest BCUT2D eigenvalue weighted by Gasteiger charge is -2.17. The highest BCUT2D eigenvalue weighted by Crippen LogP contribution is 2.29. The van der Waals surface area contributed by atoms with Crippen molar-refractivity contribution in [1.82, 2.24) is 0 Å². The Bertz CT molecular complexity index is 450. The van der Waals surface area contributed by atoms with Gasteiger partial charge in [-0.2, -0.15) is 0 Å². The zero-order valence-corrected chi connectivity index (χ0v) is 10.5. The van der Waals surface area contributed by atoms with Gasteiger partial charge in [-0.05, 0) is 19.3 Å². The van der Waals surface area contributed by atoms with E-state index in [0.29, 0.717) is 18.1 Å². The number of nitro groups is 1. The van der Waals surface area contributed by atoms with E-state index in [1.165, 1.54) is 0 Å². The van der Waals surface area contributed by atoms with E-state index in [0.717, 1.165) is 6.42 Å². The van der Waals surface area contributed by atoms with E-state index in [1.54, 1.807) is 6.92 Å². The van der Waals surface area contributed by atoms with E-state index in [4.69, 9.17) is 0 Å². The van der Waals surface area contributed by atoms with E-state index >= 15 is 0 Å². The van der Waals surface area contributed by atoms with Crippen molar-refractivity contribution in [2.75, 3.05) is 5.32 Å². The fraction of sp³-hybridized carbons (Fsp3) is 0.500. The quantitative estimate of drug-likeness (QED) is 0.646. The molecule has 4 nitrogen and oxygen atoms in total. The van der Waals surface area contributed by atoms with Gasteiger partial charge in [-0.15, -0.1) is 0 Å². The SMILES string of the molecule is CC(C)CC(C)Nc1c(F)cc(F)cc1[N+](=O)[O-]. The molecule has 6 heteroatoms. The summed E-state index contributed by atoms with van der Waals surface area (Å²) in [4.78, 5) is 9.97. The van der Waals surface area contributed by atoms with Crippen molar-refractivity contribution in [3.8, 4) is 0 Å². The zero-order valence-electron chi connectivity index (χ0n) is 10.5. The molecule has 0 aliphatic rings. The standard InChI is InChI=1S/C12H16F2N2O2/c1-7(2)4-8(3)15-12-10(14)5-9(13)6-11(12)16(17)18/h5-8,15H,4H2,1-3H3. The Morgan fingerprint density at radius 3 is 2.44 bits per heavy atom. The van der Waals surface area contributed by atoms with Crippen LogP contribution in [0.3, 0.4) is 0 Å². The molecule has 0 aliphatic heterocycles. The maximum Gasteiger partial charge on any atom is 0.298 e. The number of halogens is 2. The lowest BCUT2D eigenvalue weighted by atomic mass is 10.0. The molecule has 100 valence electrons. The fourth-order valence-electron chi connectivity index (χ4n) is 1.86. The highest BCUT2D eigenvalue weighted by atomic mass is 19.1. The number of hydrogen-bond acceptors (Lipinski definition) is 3.